The van der Waals surface area contributed by atoms with E-state index in [1.165, 1.54) is 0 Å². The zero-order valence-electron chi connectivity index (χ0n) is 14.0. The molecule has 0 aliphatic rings. The fourth-order valence-corrected chi connectivity index (χ4v) is 2.00. The second kappa shape index (κ2) is 7.73. The zero-order valence-corrected chi connectivity index (χ0v) is 14.0. The molecule has 1 aromatic carbocycles. The maximum absolute atomic E-state index is 12.0. The minimum atomic E-state index is -0.612. The molecule has 0 fully saturated rings. The Morgan fingerprint density at radius 2 is 1.65 bits per heavy atom. The molecule has 0 saturated heterocycles. The second-order valence-electron chi connectivity index (χ2n) is 6.43. The molecule has 4 N–H and O–H groups in total. The molecular weight excluding hydrogens is 296 g/mol. The molecule has 0 heterocycles. The lowest BCUT2D eigenvalue weighted by molar-refractivity contribution is -0.124. The maximum atomic E-state index is 12.0. The minimum absolute atomic E-state index is 0.0185. The molecule has 7 nitrogen and oxygen atoms in total. The van der Waals surface area contributed by atoms with E-state index in [4.69, 9.17) is 5.73 Å². The third-order valence-electron chi connectivity index (χ3n) is 2.81. The average Bonchev–Trinajstić information content (AvgIpc) is 2.35. The normalized spacial score (nSPS) is 11.2. The topological polar surface area (TPSA) is 105 Å². The Labute approximate surface area is 136 Å². The molecule has 0 radical (unpaired) electrons. The van der Waals surface area contributed by atoms with Crippen molar-refractivity contribution in [3.8, 4) is 0 Å². The van der Waals surface area contributed by atoms with Crippen molar-refractivity contribution < 1.29 is 14.4 Å². The Morgan fingerprint density at radius 1 is 1.09 bits per heavy atom. The molecule has 0 aromatic heterocycles. The molecule has 0 aliphatic heterocycles. The quantitative estimate of drug-likeness (QED) is 0.712. The summed E-state index contributed by atoms with van der Waals surface area (Å²) in [6, 6.07) is 6.50. The number of benzene rings is 1. The van der Waals surface area contributed by atoms with E-state index in [0.717, 1.165) is 0 Å². The molecule has 7 heteroatoms. The first-order valence-electron chi connectivity index (χ1n) is 7.27. The first-order valence-corrected chi connectivity index (χ1v) is 7.27. The van der Waals surface area contributed by atoms with E-state index >= 15 is 0 Å². The molecule has 1 rings (SSSR count). The molecule has 0 atom stereocenters. The smallest absolute Gasteiger partial charge is 0.250 e. The summed E-state index contributed by atoms with van der Waals surface area (Å²) in [5, 5.41) is 5.45. The highest BCUT2D eigenvalue weighted by Crippen LogP contribution is 2.14. The van der Waals surface area contributed by atoms with Crippen LogP contribution in [0.1, 0.15) is 31.1 Å². The van der Waals surface area contributed by atoms with E-state index in [1.54, 1.807) is 36.2 Å². The molecule has 0 unspecified atom stereocenters. The van der Waals surface area contributed by atoms with E-state index < -0.39 is 5.91 Å². The summed E-state index contributed by atoms with van der Waals surface area (Å²) in [5.41, 5.74) is 5.55. The molecule has 0 spiro atoms. The van der Waals surface area contributed by atoms with Crippen molar-refractivity contribution in [2.75, 3.05) is 25.5 Å². The Hall–Kier alpha value is -2.41. The number of hydrogen-bond donors (Lipinski definition) is 3. The van der Waals surface area contributed by atoms with Gasteiger partial charge in [0.1, 0.15) is 0 Å². The SMILES string of the molecule is CN(CC(=O)Nc1ccccc1C(N)=O)CC(=O)NC(C)(C)C. The maximum Gasteiger partial charge on any atom is 0.250 e. The number of hydrogen-bond acceptors (Lipinski definition) is 4. The van der Waals surface area contributed by atoms with Gasteiger partial charge in [0.15, 0.2) is 0 Å². The van der Waals surface area contributed by atoms with Gasteiger partial charge in [0.2, 0.25) is 11.8 Å². The molecule has 1 aromatic rings. The number of primary amides is 1. The van der Waals surface area contributed by atoms with E-state index in [1.807, 2.05) is 20.8 Å². The standard InChI is InChI=1S/C16H24N4O3/c1-16(2,3)19-14(22)10-20(4)9-13(21)18-12-8-6-5-7-11(12)15(17)23/h5-8H,9-10H2,1-4H3,(H2,17,23)(H,18,21)(H,19,22). The van der Waals surface area contributed by atoms with Gasteiger partial charge in [0.25, 0.3) is 5.91 Å². The van der Waals surface area contributed by atoms with Crippen molar-refractivity contribution in [2.45, 2.75) is 26.3 Å². The molecule has 3 amide bonds. The van der Waals surface area contributed by atoms with Crippen LogP contribution >= 0.6 is 0 Å². The number of nitrogens with two attached hydrogens (primary N) is 1. The van der Waals surface area contributed by atoms with Crippen LogP contribution in [-0.2, 0) is 9.59 Å². The first-order chi connectivity index (χ1) is 10.6. The number of rotatable bonds is 6. The molecule has 0 aliphatic carbocycles. The van der Waals surface area contributed by atoms with Crippen molar-refractivity contribution in [3.05, 3.63) is 29.8 Å². The summed E-state index contributed by atoms with van der Waals surface area (Å²) in [4.78, 5) is 36.7. The average molecular weight is 320 g/mol. The number of likely N-dealkylation sites (N-methyl/N-ethyl adjacent to an activating group) is 1. The van der Waals surface area contributed by atoms with Crippen molar-refractivity contribution in [3.63, 3.8) is 0 Å². The summed E-state index contributed by atoms with van der Waals surface area (Å²) in [6.07, 6.45) is 0. The highest BCUT2D eigenvalue weighted by molar-refractivity contribution is 6.03. The lowest BCUT2D eigenvalue weighted by atomic mass is 10.1. The van der Waals surface area contributed by atoms with Crippen LogP contribution < -0.4 is 16.4 Å². The number of carbonyl (C=O) groups is 3. The Kier molecular flexibility index (Phi) is 6.27. The molecule has 23 heavy (non-hydrogen) atoms. The van der Waals surface area contributed by atoms with Crippen LogP contribution in [-0.4, -0.2) is 48.3 Å². The van der Waals surface area contributed by atoms with Crippen LogP contribution in [0.4, 0.5) is 5.69 Å². The molecule has 126 valence electrons. The number of nitrogens with zero attached hydrogens (tertiary/aromatic N) is 1. The highest BCUT2D eigenvalue weighted by atomic mass is 16.2. The van der Waals surface area contributed by atoms with Crippen LogP contribution in [0.25, 0.3) is 0 Å². The van der Waals surface area contributed by atoms with Crippen LogP contribution in [0.15, 0.2) is 24.3 Å². The van der Waals surface area contributed by atoms with Crippen LogP contribution in [0, 0.1) is 0 Å². The van der Waals surface area contributed by atoms with Crippen LogP contribution in [0.2, 0.25) is 0 Å². The summed E-state index contributed by atoms with van der Waals surface area (Å²) < 4.78 is 0. The summed E-state index contributed by atoms with van der Waals surface area (Å²) >= 11 is 0. The van der Waals surface area contributed by atoms with E-state index in [0.29, 0.717) is 5.69 Å². The van der Waals surface area contributed by atoms with Gasteiger partial charge in [0.05, 0.1) is 24.3 Å². The van der Waals surface area contributed by atoms with Gasteiger partial charge in [-0.3, -0.25) is 19.3 Å². The third-order valence-corrected chi connectivity index (χ3v) is 2.81. The fraction of sp³-hybridized carbons (Fsp3) is 0.438. The van der Waals surface area contributed by atoms with Crippen molar-refractivity contribution in [2.24, 2.45) is 5.73 Å². The number of carbonyl (C=O) groups excluding carboxylic acids is 3. The van der Waals surface area contributed by atoms with Gasteiger partial charge in [0, 0.05) is 5.54 Å². The van der Waals surface area contributed by atoms with E-state index in [-0.39, 0.29) is 36.0 Å². The lowest BCUT2D eigenvalue weighted by Gasteiger charge is -2.23. The first kappa shape index (κ1) is 18.6. The van der Waals surface area contributed by atoms with Gasteiger partial charge in [-0.25, -0.2) is 0 Å². The van der Waals surface area contributed by atoms with Gasteiger partial charge in [-0.2, -0.15) is 0 Å². The van der Waals surface area contributed by atoms with E-state index in [2.05, 4.69) is 10.6 Å². The molecule has 0 bridgehead atoms. The van der Waals surface area contributed by atoms with Crippen LogP contribution in [0.5, 0.6) is 0 Å². The summed E-state index contributed by atoms with van der Waals surface area (Å²) in [7, 11) is 1.67. The lowest BCUT2D eigenvalue weighted by Crippen LogP contribution is -2.46. The van der Waals surface area contributed by atoms with Gasteiger partial charge in [-0.1, -0.05) is 12.1 Å². The number of amides is 3. The van der Waals surface area contributed by atoms with Crippen molar-refractivity contribution in [1.29, 1.82) is 0 Å². The summed E-state index contributed by atoms with van der Waals surface area (Å²) in [5.74, 6) is -1.10. The van der Waals surface area contributed by atoms with Crippen molar-refractivity contribution >= 4 is 23.4 Å². The van der Waals surface area contributed by atoms with Gasteiger partial charge >= 0.3 is 0 Å². The fourth-order valence-electron chi connectivity index (χ4n) is 2.00. The monoisotopic (exact) mass is 320 g/mol. The third kappa shape index (κ3) is 6.92. The minimum Gasteiger partial charge on any atom is -0.366 e. The zero-order chi connectivity index (χ0) is 17.6. The number of para-hydroxylation sites is 1. The molecule has 0 saturated carbocycles. The predicted octanol–water partition coefficient (Wildman–Crippen LogP) is 0.571. The Morgan fingerprint density at radius 3 is 2.22 bits per heavy atom. The van der Waals surface area contributed by atoms with Gasteiger partial charge in [-0.15, -0.1) is 0 Å². The van der Waals surface area contributed by atoms with E-state index in [9.17, 15) is 14.4 Å². The highest BCUT2D eigenvalue weighted by Gasteiger charge is 2.17. The second-order valence-corrected chi connectivity index (χ2v) is 6.43. The van der Waals surface area contributed by atoms with Gasteiger partial charge in [-0.05, 0) is 40.0 Å². The number of anilines is 1. The Balaban J connectivity index is 2.57. The molecular formula is C16H24N4O3. The summed E-state index contributed by atoms with van der Waals surface area (Å²) in [6.45, 7) is 5.78. The van der Waals surface area contributed by atoms with Crippen LogP contribution in [0.3, 0.4) is 0 Å². The Bertz CT molecular complexity index is 593. The predicted molar refractivity (Wildman–Crippen MR) is 89.0 cm³/mol. The van der Waals surface area contributed by atoms with Crippen molar-refractivity contribution in [1.82, 2.24) is 10.2 Å². The van der Waals surface area contributed by atoms with Gasteiger partial charge < -0.3 is 16.4 Å². The number of nitrogens with one attached hydrogen (secondary N) is 2. The largest absolute Gasteiger partial charge is 0.366 e.